The summed E-state index contributed by atoms with van der Waals surface area (Å²) < 4.78 is 2.03. The van der Waals surface area contributed by atoms with Gasteiger partial charge in [-0.15, -0.1) is 0 Å². The molecule has 0 radical (unpaired) electrons. The van der Waals surface area contributed by atoms with Gasteiger partial charge in [0, 0.05) is 25.9 Å². The van der Waals surface area contributed by atoms with Gasteiger partial charge in [0.15, 0.2) is 0 Å². The Morgan fingerprint density at radius 3 is 3.12 bits per heavy atom. The van der Waals surface area contributed by atoms with E-state index >= 15 is 0 Å². The molecule has 2 N–H and O–H groups in total. The SMILES string of the molecule is Cn1ccnc1CCC1(O)CCCNCC1. The fourth-order valence-corrected chi connectivity index (χ4v) is 2.35. The zero-order valence-corrected chi connectivity index (χ0v) is 9.95. The van der Waals surface area contributed by atoms with E-state index in [0.29, 0.717) is 0 Å². The lowest BCUT2D eigenvalue weighted by atomic mass is 9.89. The van der Waals surface area contributed by atoms with Gasteiger partial charge in [0.05, 0.1) is 5.60 Å². The molecule has 1 unspecified atom stereocenters. The normalized spacial score (nSPS) is 26.6. The van der Waals surface area contributed by atoms with Crippen LogP contribution in [-0.2, 0) is 13.5 Å². The molecular formula is C12H21N3O. The first-order valence-electron chi connectivity index (χ1n) is 6.09. The molecule has 0 aliphatic carbocycles. The Hall–Kier alpha value is -0.870. The van der Waals surface area contributed by atoms with Gasteiger partial charge in [-0.25, -0.2) is 4.98 Å². The third-order valence-corrected chi connectivity index (χ3v) is 3.50. The van der Waals surface area contributed by atoms with Crippen molar-refractivity contribution < 1.29 is 5.11 Å². The van der Waals surface area contributed by atoms with E-state index in [-0.39, 0.29) is 0 Å². The average molecular weight is 223 g/mol. The molecule has 16 heavy (non-hydrogen) atoms. The van der Waals surface area contributed by atoms with Crippen molar-refractivity contribution in [1.82, 2.24) is 14.9 Å². The van der Waals surface area contributed by atoms with Gasteiger partial charge in [-0.05, 0) is 38.8 Å². The zero-order chi connectivity index (χ0) is 11.4. The third-order valence-electron chi connectivity index (χ3n) is 3.50. The predicted octanol–water partition coefficient (Wildman–Crippen LogP) is 0.857. The van der Waals surface area contributed by atoms with Crippen molar-refractivity contribution in [3.8, 4) is 0 Å². The number of nitrogens with one attached hydrogen (secondary N) is 1. The van der Waals surface area contributed by atoms with E-state index in [2.05, 4.69) is 10.3 Å². The molecule has 1 saturated heterocycles. The molecule has 1 aliphatic rings. The van der Waals surface area contributed by atoms with Gasteiger partial charge in [-0.1, -0.05) is 0 Å². The molecule has 90 valence electrons. The summed E-state index contributed by atoms with van der Waals surface area (Å²) in [5, 5.41) is 13.8. The second-order valence-corrected chi connectivity index (χ2v) is 4.78. The van der Waals surface area contributed by atoms with Crippen molar-refractivity contribution in [1.29, 1.82) is 0 Å². The maximum Gasteiger partial charge on any atom is 0.108 e. The number of aromatic nitrogens is 2. The Labute approximate surface area is 96.7 Å². The second kappa shape index (κ2) is 4.97. The van der Waals surface area contributed by atoms with Crippen LogP contribution < -0.4 is 5.32 Å². The Kier molecular flexibility index (Phi) is 3.61. The van der Waals surface area contributed by atoms with Gasteiger partial charge in [0.25, 0.3) is 0 Å². The monoisotopic (exact) mass is 223 g/mol. The van der Waals surface area contributed by atoms with Gasteiger partial charge in [0.1, 0.15) is 5.82 Å². The molecule has 4 nitrogen and oxygen atoms in total. The minimum atomic E-state index is -0.491. The fourth-order valence-electron chi connectivity index (χ4n) is 2.35. The van der Waals surface area contributed by atoms with Crippen LogP contribution in [0.1, 0.15) is 31.5 Å². The van der Waals surface area contributed by atoms with Crippen LogP contribution in [0.5, 0.6) is 0 Å². The van der Waals surface area contributed by atoms with E-state index in [1.807, 2.05) is 24.0 Å². The van der Waals surface area contributed by atoms with Crippen molar-refractivity contribution in [2.75, 3.05) is 13.1 Å². The topological polar surface area (TPSA) is 50.1 Å². The minimum absolute atomic E-state index is 0.491. The largest absolute Gasteiger partial charge is 0.390 e. The van der Waals surface area contributed by atoms with E-state index < -0.39 is 5.60 Å². The Morgan fingerprint density at radius 1 is 1.50 bits per heavy atom. The average Bonchev–Trinajstić information content (AvgIpc) is 2.54. The summed E-state index contributed by atoms with van der Waals surface area (Å²) in [4.78, 5) is 4.29. The molecule has 2 rings (SSSR count). The van der Waals surface area contributed by atoms with Crippen LogP contribution in [-0.4, -0.2) is 33.3 Å². The number of aliphatic hydroxyl groups is 1. The van der Waals surface area contributed by atoms with Crippen molar-refractivity contribution in [2.45, 2.75) is 37.7 Å². The van der Waals surface area contributed by atoms with Crippen LogP contribution in [0.3, 0.4) is 0 Å². The highest BCUT2D eigenvalue weighted by Crippen LogP contribution is 2.24. The number of hydrogen-bond acceptors (Lipinski definition) is 3. The fraction of sp³-hybridized carbons (Fsp3) is 0.750. The lowest BCUT2D eigenvalue weighted by Crippen LogP contribution is -2.30. The quantitative estimate of drug-likeness (QED) is 0.799. The summed E-state index contributed by atoms with van der Waals surface area (Å²) in [6.07, 6.45) is 8.28. The molecule has 0 aromatic carbocycles. The minimum Gasteiger partial charge on any atom is -0.390 e. The molecule has 1 fully saturated rings. The summed E-state index contributed by atoms with van der Waals surface area (Å²) in [5.41, 5.74) is -0.491. The van der Waals surface area contributed by atoms with Gasteiger partial charge in [-0.3, -0.25) is 0 Å². The molecule has 4 heteroatoms. The van der Waals surface area contributed by atoms with Crippen molar-refractivity contribution in [2.24, 2.45) is 7.05 Å². The molecule has 2 heterocycles. The first-order valence-corrected chi connectivity index (χ1v) is 6.09. The first-order chi connectivity index (χ1) is 7.70. The molecule has 1 aromatic heterocycles. The summed E-state index contributed by atoms with van der Waals surface area (Å²) in [7, 11) is 2.00. The summed E-state index contributed by atoms with van der Waals surface area (Å²) in [5.74, 6) is 1.06. The summed E-state index contributed by atoms with van der Waals surface area (Å²) >= 11 is 0. The van der Waals surface area contributed by atoms with E-state index in [1.165, 1.54) is 0 Å². The maximum absolute atomic E-state index is 10.5. The lowest BCUT2D eigenvalue weighted by molar-refractivity contribution is 0.0193. The molecule has 1 atom stereocenters. The molecule has 0 saturated carbocycles. The van der Waals surface area contributed by atoms with E-state index in [4.69, 9.17) is 0 Å². The van der Waals surface area contributed by atoms with Crippen molar-refractivity contribution >= 4 is 0 Å². The van der Waals surface area contributed by atoms with E-state index in [1.54, 1.807) is 0 Å². The standard InChI is InChI=1S/C12H21N3O/c1-15-10-9-14-11(15)3-5-12(16)4-2-7-13-8-6-12/h9-10,13,16H,2-8H2,1H3. The number of hydrogen-bond donors (Lipinski definition) is 2. The van der Waals surface area contributed by atoms with Gasteiger partial charge in [0.2, 0.25) is 0 Å². The molecular weight excluding hydrogens is 202 g/mol. The maximum atomic E-state index is 10.5. The zero-order valence-electron chi connectivity index (χ0n) is 9.95. The van der Waals surface area contributed by atoms with Crippen LogP contribution in [0.25, 0.3) is 0 Å². The molecule has 0 amide bonds. The van der Waals surface area contributed by atoms with Gasteiger partial charge < -0.3 is 15.0 Å². The summed E-state index contributed by atoms with van der Waals surface area (Å²) in [6, 6.07) is 0. The highest BCUT2D eigenvalue weighted by molar-refractivity contribution is 4.94. The van der Waals surface area contributed by atoms with E-state index in [9.17, 15) is 5.11 Å². The Bertz CT molecular complexity index is 327. The van der Waals surface area contributed by atoms with Crippen LogP contribution >= 0.6 is 0 Å². The van der Waals surface area contributed by atoms with E-state index in [0.717, 1.165) is 51.0 Å². The van der Waals surface area contributed by atoms with Gasteiger partial charge >= 0.3 is 0 Å². The number of nitrogens with zero attached hydrogens (tertiary/aromatic N) is 2. The number of imidazole rings is 1. The highest BCUT2D eigenvalue weighted by Gasteiger charge is 2.27. The summed E-state index contributed by atoms with van der Waals surface area (Å²) in [6.45, 7) is 1.96. The second-order valence-electron chi connectivity index (χ2n) is 4.78. The number of aryl methyl sites for hydroxylation is 2. The smallest absolute Gasteiger partial charge is 0.108 e. The molecule has 0 spiro atoms. The molecule has 0 bridgehead atoms. The lowest BCUT2D eigenvalue weighted by Gasteiger charge is -2.26. The van der Waals surface area contributed by atoms with Crippen LogP contribution in [0.15, 0.2) is 12.4 Å². The highest BCUT2D eigenvalue weighted by atomic mass is 16.3. The first kappa shape index (κ1) is 11.6. The number of rotatable bonds is 3. The Morgan fingerprint density at radius 2 is 2.38 bits per heavy atom. The van der Waals surface area contributed by atoms with Crippen LogP contribution in [0, 0.1) is 0 Å². The third kappa shape index (κ3) is 2.83. The Balaban J connectivity index is 1.90. The van der Waals surface area contributed by atoms with Crippen molar-refractivity contribution in [3.63, 3.8) is 0 Å². The van der Waals surface area contributed by atoms with Gasteiger partial charge in [-0.2, -0.15) is 0 Å². The van der Waals surface area contributed by atoms with Crippen LogP contribution in [0.2, 0.25) is 0 Å². The molecule has 1 aromatic rings. The van der Waals surface area contributed by atoms with Crippen molar-refractivity contribution in [3.05, 3.63) is 18.2 Å². The van der Waals surface area contributed by atoms with Crippen LogP contribution in [0.4, 0.5) is 0 Å². The predicted molar refractivity (Wildman–Crippen MR) is 63.2 cm³/mol. The molecule has 1 aliphatic heterocycles.